The zero-order valence-electron chi connectivity index (χ0n) is 9.31. The number of hydrogen-bond donors (Lipinski definition) is 1. The Morgan fingerprint density at radius 2 is 2.25 bits per heavy atom. The zero-order valence-corrected chi connectivity index (χ0v) is 9.31. The lowest BCUT2D eigenvalue weighted by Gasteiger charge is -2.06. The van der Waals surface area contributed by atoms with Crippen molar-refractivity contribution in [2.45, 2.75) is 19.4 Å². The van der Waals surface area contributed by atoms with Gasteiger partial charge in [0, 0.05) is 13.5 Å². The highest BCUT2D eigenvalue weighted by Crippen LogP contribution is 2.14. The Morgan fingerprint density at radius 3 is 2.94 bits per heavy atom. The highest BCUT2D eigenvalue weighted by molar-refractivity contribution is 5.66. The van der Waals surface area contributed by atoms with E-state index in [2.05, 4.69) is 0 Å². The summed E-state index contributed by atoms with van der Waals surface area (Å²) < 4.78 is 10.4. The fourth-order valence-electron chi connectivity index (χ4n) is 1.31. The van der Waals surface area contributed by atoms with Crippen molar-refractivity contribution >= 4 is 5.97 Å². The van der Waals surface area contributed by atoms with Crippen LogP contribution < -0.4 is 4.74 Å². The highest BCUT2D eigenvalue weighted by Gasteiger charge is 1.99. The largest absolute Gasteiger partial charge is 0.494 e. The summed E-state index contributed by atoms with van der Waals surface area (Å²) in [5.74, 6) is -0.0447. The third-order valence-corrected chi connectivity index (χ3v) is 2.01. The summed E-state index contributed by atoms with van der Waals surface area (Å²) in [7, 11) is 1.64. The van der Waals surface area contributed by atoms with Crippen LogP contribution in [0.1, 0.15) is 18.4 Å². The van der Waals surface area contributed by atoms with Crippen molar-refractivity contribution < 1.29 is 19.4 Å². The topological polar surface area (TPSA) is 55.8 Å². The third-order valence-electron chi connectivity index (χ3n) is 2.01. The van der Waals surface area contributed by atoms with Crippen LogP contribution in [0.2, 0.25) is 0 Å². The fourth-order valence-corrected chi connectivity index (χ4v) is 1.31. The zero-order chi connectivity index (χ0) is 11.8. The van der Waals surface area contributed by atoms with Gasteiger partial charge in [-0.25, -0.2) is 0 Å². The van der Waals surface area contributed by atoms with E-state index in [0.717, 1.165) is 11.3 Å². The molecule has 0 aliphatic heterocycles. The first kappa shape index (κ1) is 12.5. The molecule has 0 radical (unpaired) electrons. The standard InChI is InChI=1S/C12H16O4/c1-15-9-10-4-2-5-11(8-10)16-7-3-6-12(13)14/h2,4-5,8H,3,6-7,9H2,1H3,(H,13,14). The third kappa shape index (κ3) is 4.79. The second-order valence-corrected chi connectivity index (χ2v) is 3.43. The van der Waals surface area contributed by atoms with E-state index in [1.54, 1.807) is 7.11 Å². The van der Waals surface area contributed by atoms with Crippen molar-refractivity contribution in [2.24, 2.45) is 0 Å². The average Bonchev–Trinajstić information content (AvgIpc) is 2.25. The number of benzene rings is 1. The Hall–Kier alpha value is -1.55. The number of carboxylic acids is 1. The van der Waals surface area contributed by atoms with Gasteiger partial charge in [0.25, 0.3) is 0 Å². The molecule has 0 fully saturated rings. The van der Waals surface area contributed by atoms with Gasteiger partial charge in [0.05, 0.1) is 13.2 Å². The molecule has 1 aromatic rings. The van der Waals surface area contributed by atoms with E-state index in [1.807, 2.05) is 24.3 Å². The molecule has 1 N–H and O–H groups in total. The molecule has 0 saturated carbocycles. The molecular formula is C12H16O4. The first-order valence-electron chi connectivity index (χ1n) is 5.15. The SMILES string of the molecule is COCc1cccc(OCCCC(=O)O)c1. The number of methoxy groups -OCH3 is 1. The number of aliphatic carboxylic acids is 1. The van der Waals surface area contributed by atoms with Crippen molar-refractivity contribution in [3.63, 3.8) is 0 Å². The minimum absolute atomic E-state index is 0.137. The molecule has 0 unspecified atom stereocenters. The molecule has 1 aromatic carbocycles. The van der Waals surface area contributed by atoms with Crippen molar-refractivity contribution in [1.29, 1.82) is 0 Å². The predicted octanol–water partition coefficient (Wildman–Crippen LogP) is 2.08. The second-order valence-electron chi connectivity index (χ2n) is 3.43. The van der Waals surface area contributed by atoms with Crippen LogP contribution in [0.4, 0.5) is 0 Å². The van der Waals surface area contributed by atoms with Gasteiger partial charge in [-0.2, -0.15) is 0 Å². The van der Waals surface area contributed by atoms with E-state index in [9.17, 15) is 4.79 Å². The van der Waals surface area contributed by atoms with E-state index in [0.29, 0.717) is 19.6 Å². The molecule has 0 heterocycles. The normalized spacial score (nSPS) is 10.1. The minimum atomic E-state index is -0.795. The molecule has 0 aliphatic carbocycles. The summed E-state index contributed by atoms with van der Waals surface area (Å²) in [4.78, 5) is 10.3. The van der Waals surface area contributed by atoms with Crippen LogP contribution in [-0.4, -0.2) is 24.8 Å². The van der Waals surface area contributed by atoms with E-state index in [1.165, 1.54) is 0 Å². The molecule has 0 saturated heterocycles. The van der Waals surface area contributed by atoms with Crippen LogP contribution >= 0.6 is 0 Å². The molecule has 0 atom stereocenters. The number of rotatable bonds is 7. The molecule has 1 rings (SSSR count). The van der Waals surface area contributed by atoms with Crippen LogP contribution in [0, 0.1) is 0 Å². The highest BCUT2D eigenvalue weighted by atomic mass is 16.5. The predicted molar refractivity (Wildman–Crippen MR) is 59.5 cm³/mol. The summed E-state index contributed by atoms with van der Waals surface area (Å²) in [5, 5.41) is 8.45. The van der Waals surface area contributed by atoms with Gasteiger partial charge in [0.1, 0.15) is 5.75 Å². The van der Waals surface area contributed by atoms with Crippen LogP contribution in [-0.2, 0) is 16.1 Å². The van der Waals surface area contributed by atoms with E-state index >= 15 is 0 Å². The first-order chi connectivity index (χ1) is 7.72. The average molecular weight is 224 g/mol. The number of ether oxygens (including phenoxy) is 2. The van der Waals surface area contributed by atoms with Gasteiger partial charge in [0.15, 0.2) is 0 Å². The Balaban J connectivity index is 2.35. The van der Waals surface area contributed by atoms with Crippen molar-refractivity contribution in [1.82, 2.24) is 0 Å². The Kier molecular flexibility index (Phi) is 5.36. The lowest BCUT2D eigenvalue weighted by Crippen LogP contribution is -2.02. The van der Waals surface area contributed by atoms with E-state index in [-0.39, 0.29) is 6.42 Å². The second kappa shape index (κ2) is 6.85. The van der Waals surface area contributed by atoms with Gasteiger partial charge in [-0.3, -0.25) is 4.79 Å². The van der Waals surface area contributed by atoms with E-state index < -0.39 is 5.97 Å². The molecular weight excluding hydrogens is 208 g/mol. The number of hydrogen-bond acceptors (Lipinski definition) is 3. The molecule has 0 bridgehead atoms. The quantitative estimate of drug-likeness (QED) is 0.720. The maximum absolute atomic E-state index is 10.3. The summed E-state index contributed by atoms with van der Waals surface area (Å²) >= 11 is 0. The number of carboxylic acid groups (broad SMARTS) is 1. The van der Waals surface area contributed by atoms with Crippen molar-refractivity contribution in [3.8, 4) is 5.75 Å². The van der Waals surface area contributed by atoms with Gasteiger partial charge in [-0.05, 0) is 24.1 Å². The van der Waals surface area contributed by atoms with Crippen molar-refractivity contribution in [3.05, 3.63) is 29.8 Å². The molecule has 4 heteroatoms. The maximum Gasteiger partial charge on any atom is 0.303 e. The van der Waals surface area contributed by atoms with Crippen LogP contribution in [0.25, 0.3) is 0 Å². The minimum Gasteiger partial charge on any atom is -0.494 e. The molecule has 0 amide bonds. The maximum atomic E-state index is 10.3. The molecule has 0 spiro atoms. The van der Waals surface area contributed by atoms with Gasteiger partial charge in [-0.15, -0.1) is 0 Å². The van der Waals surface area contributed by atoms with Gasteiger partial charge in [0.2, 0.25) is 0 Å². The lowest BCUT2D eigenvalue weighted by atomic mass is 10.2. The molecule has 0 aliphatic rings. The molecule has 4 nitrogen and oxygen atoms in total. The summed E-state index contributed by atoms with van der Waals surface area (Å²) in [6, 6.07) is 7.58. The molecule has 88 valence electrons. The summed E-state index contributed by atoms with van der Waals surface area (Å²) in [6.45, 7) is 0.967. The summed E-state index contributed by atoms with van der Waals surface area (Å²) in [5.41, 5.74) is 1.04. The van der Waals surface area contributed by atoms with Crippen LogP contribution in [0.3, 0.4) is 0 Å². The van der Waals surface area contributed by atoms with Crippen LogP contribution in [0.15, 0.2) is 24.3 Å². The van der Waals surface area contributed by atoms with Gasteiger partial charge >= 0.3 is 5.97 Å². The first-order valence-corrected chi connectivity index (χ1v) is 5.15. The Labute approximate surface area is 94.8 Å². The van der Waals surface area contributed by atoms with Crippen LogP contribution in [0.5, 0.6) is 5.75 Å². The molecule has 16 heavy (non-hydrogen) atoms. The molecule has 0 aromatic heterocycles. The Bertz CT molecular complexity index is 336. The Morgan fingerprint density at radius 1 is 1.44 bits per heavy atom. The van der Waals surface area contributed by atoms with Crippen molar-refractivity contribution in [2.75, 3.05) is 13.7 Å². The number of carbonyl (C=O) groups is 1. The van der Waals surface area contributed by atoms with Gasteiger partial charge in [-0.1, -0.05) is 12.1 Å². The van der Waals surface area contributed by atoms with E-state index in [4.69, 9.17) is 14.6 Å². The fraction of sp³-hybridized carbons (Fsp3) is 0.417. The summed E-state index contributed by atoms with van der Waals surface area (Å²) in [6.07, 6.45) is 0.654. The monoisotopic (exact) mass is 224 g/mol. The smallest absolute Gasteiger partial charge is 0.303 e. The van der Waals surface area contributed by atoms with Gasteiger partial charge < -0.3 is 14.6 Å². The lowest BCUT2D eigenvalue weighted by molar-refractivity contribution is -0.137.